The second kappa shape index (κ2) is 9.56. The Kier molecular flexibility index (Phi) is 7.43. The third-order valence-electron chi connectivity index (χ3n) is 4.34. The van der Waals surface area contributed by atoms with Gasteiger partial charge >= 0.3 is 0 Å². The lowest BCUT2D eigenvalue weighted by atomic mass is 10.1. The fraction of sp³-hybridized carbons (Fsp3) is 0.364. The predicted octanol–water partition coefficient (Wildman–Crippen LogP) is 4.13. The van der Waals surface area contributed by atoms with Crippen LogP contribution in [0.25, 0.3) is 0 Å². The Morgan fingerprint density at radius 3 is 2.07 bits per heavy atom. The monoisotopic (exact) mass is 386 g/mol. The quantitative estimate of drug-likeness (QED) is 0.777. The van der Waals surface area contributed by atoms with E-state index in [1.165, 1.54) is 0 Å². The fourth-order valence-corrected chi connectivity index (χ4v) is 2.88. The van der Waals surface area contributed by atoms with Gasteiger partial charge in [-0.2, -0.15) is 0 Å². The lowest BCUT2D eigenvalue weighted by molar-refractivity contribution is -0.140. The van der Waals surface area contributed by atoms with Crippen LogP contribution in [0, 0.1) is 6.92 Å². The number of rotatable bonds is 7. The van der Waals surface area contributed by atoms with E-state index in [4.69, 9.17) is 11.6 Å². The van der Waals surface area contributed by atoms with Gasteiger partial charge in [-0.15, -0.1) is 0 Å². The summed E-state index contributed by atoms with van der Waals surface area (Å²) in [7, 11) is 0. The largest absolute Gasteiger partial charge is 0.352 e. The Labute approximate surface area is 166 Å². The van der Waals surface area contributed by atoms with Gasteiger partial charge in [-0.3, -0.25) is 9.59 Å². The standard InChI is InChI=1S/C22H27ClN2O2/c1-15(2)24-22(27)17(4)25(14-19-7-5-16(3)6-8-19)21(26)13-18-9-11-20(23)12-10-18/h5-12,15,17H,13-14H2,1-4H3,(H,24,27). The maximum Gasteiger partial charge on any atom is 0.242 e. The Hall–Kier alpha value is -2.33. The van der Waals surface area contributed by atoms with Gasteiger partial charge in [0.1, 0.15) is 6.04 Å². The highest BCUT2D eigenvalue weighted by Crippen LogP contribution is 2.15. The van der Waals surface area contributed by atoms with Gasteiger partial charge in [0.2, 0.25) is 11.8 Å². The number of hydrogen-bond donors (Lipinski definition) is 1. The van der Waals surface area contributed by atoms with E-state index >= 15 is 0 Å². The van der Waals surface area contributed by atoms with Crippen molar-refractivity contribution in [1.82, 2.24) is 10.2 Å². The van der Waals surface area contributed by atoms with Crippen molar-refractivity contribution in [3.8, 4) is 0 Å². The molecule has 4 nitrogen and oxygen atoms in total. The van der Waals surface area contributed by atoms with Crippen LogP contribution in [0.1, 0.15) is 37.5 Å². The summed E-state index contributed by atoms with van der Waals surface area (Å²) >= 11 is 5.92. The van der Waals surface area contributed by atoms with Crippen molar-refractivity contribution >= 4 is 23.4 Å². The van der Waals surface area contributed by atoms with Crippen LogP contribution in [0.15, 0.2) is 48.5 Å². The van der Waals surface area contributed by atoms with Gasteiger partial charge in [-0.05, 0) is 51.0 Å². The summed E-state index contributed by atoms with van der Waals surface area (Å²) in [4.78, 5) is 27.2. The Morgan fingerprint density at radius 1 is 0.963 bits per heavy atom. The number of benzene rings is 2. The maximum absolute atomic E-state index is 13.0. The topological polar surface area (TPSA) is 49.4 Å². The molecule has 0 aliphatic heterocycles. The average molecular weight is 387 g/mol. The fourth-order valence-electron chi connectivity index (χ4n) is 2.76. The number of hydrogen-bond acceptors (Lipinski definition) is 2. The summed E-state index contributed by atoms with van der Waals surface area (Å²) in [5, 5.41) is 3.53. The number of amides is 2. The van der Waals surface area contributed by atoms with E-state index in [-0.39, 0.29) is 24.3 Å². The van der Waals surface area contributed by atoms with Crippen molar-refractivity contribution in [3.63, 3.8) is 0 Å². The summed E-state index contributed by atoms with van der Waals surface area (Å²) in [6, 6.07) is 14.7. The summed E-state index contributed by atoms with van der Waals surface area (Å²) in [6.45, 7) is 7.99. The van der Waals surface area contributed by atoms with E-state index in [0.29, 0.717) is 11.6 Å². The maximum atomic E-state index is 13.0. The van der Waals surface area contributed by atoms with Crippen molar-refractivity contribution in [2.45, 2.75) is 52.7 Å². The van der Waals surface area contributed by atoms with Gasteiger partial charge in [0.25, 0.3) is 0 Å². The van der Waals surface area contributed by atoms with E-state index in [9.17, 15) is 9.59 Å². The van der Waals surface area contributed by atoms with E-state index in [1.54, 1.807) is 24.0 Å². The highest BCUT2D eigenvalue weighted by Gasteiger charge is 2.26. The van der Waals surface area contributed by atoms with Crippen LogP contribution in [0.4, 0.5) is 0 Å². The SMILES string of the molecule is Cc1ccc(CN(C(=O)Cc2ccc(Cl)cc2)C(C)C(=O)NC(C)C)cc1. The number of carbonyl (C=O) groups excluding carboxylic acids is 2. The van der Waals surface area contributed by atoms with Crippen LogP contribution in [0.3, 0.4) is 0 Å². The molecule has 5 heteroatoms. The third kappa shape index (κ3) is 6.40. The first-order valence-corrected chi connectivity index (χ1v) is 9.54. The second-order valence-corrected chi connectivity index (χ2v) is 7.59. The van der Waals surface area contributed by atoms with Crippen molar-refractivity contribution in [2.24, 2.45) is 0 Å². The number of carbonyl (C=O) groups is 2. The minimum absolute atomic E-state index is 0.0209. The molecule has 144 valence electrons. The zero-order valence-corrected chi connectivity index (χ0v) is 17.1. The first-order valence-electron chi connectivity index (χ1n) is 9.16. The van der Waals surface area contributed by atoms with Gasteiger partial charge in [0.15, 0.2) is 0 Å². The van der Waals surface area contributed by atoms with Gasteiger partial charge in [-0.1, -0.05) is 53.6 Å². The van der Waals surface area contributed by atoms with E-state index in [1.807, 2.05) is 57.2 Å². The second-order valence-electron chi connectivity index (χ2n) is 7.15. The molecule has 27 heavy (non-hydrogen) atoms. The minimum Gasteiger partial charge on any atom is -0.352 e. The molecule has 0 saturated heterocycles. The van der Waals surface area contributed by atoms with Crippen molar-refractivity contribution < 1.29 is 9.59 Å². The highest BCUT2D eigenvalue weighted by molar-refractivity contribution is 6.30. The molecular formula is C22H27ClN2O2. The molecule has 2 amide bonds. The first kappa shape index (κ1) is 21.0. The molecule has 2 aromatic carbocycles. The van der Waals surface area contributed by atoms with E-state index in [0.717, 1.165) is 16.7 Å². The van der Waals surface area contributed by atoms with Crippen LogP contribution >= 0.6 is 11.6 Å². The molecule has 2 aromatic rings. The van der Waals surface area contributed by atoms with Crippen LogP contribution in [-0.4, -0.2) is 28.8 Å². The average Bonchev–Trinajstić information content (AvgIpc) is 2.62. The number of nitrogens with one attached hydrogen (secondary N) is 1. The van der Waals surface area contributed by atoms with Gasteiger partial charge in [0.05, 0.1) is 6.42 Å². The third-order valence-corrected chi connectivity index (χ3v) is 4.59. The van der Waals surface area contributed by atoms with Crippen molar-refractivity contribution in [2.75, 3.05) is 0 Å². The Morgan fingerprint density at radius 2 is 1.52 bits per heavy atom. The minimum atomic E-state index is -0.562. The van der Waals surface area contributed by atoms with Crippen LogP contribution in [-0.2, 0) is 22.6 Å². The van der Waals surface area contributed by atoms with Crippen molar-refractivity contribution in [1.29, 1.82) is 0 Å². The highest BCUT2D eigenvalue weighted by atomic mass is 35.5. The molecule has 0 aromatic heterocycles. The summed E-state index contributed by atoms with van der Waals surface area (Å²) in [5.74, 6) is -0.245. The summed E-state index contributed by atoms with van der Waals surface area (Å²) < 4.78 is 0. The van der Waals surface area contributed by atoms with E-state index in [2.05, 4.69) is 5.32 Å². The van der Waals surface area contributed by atoms with Crippen LogP contribution < -0.4 is 5.32 Å². The van der Waals surface area contributed by atoms with Crippen LogP contribution in [0.2, 0.25) is 5.02 Å². The predicted molar refractivity (Wildman–Crippen MR) is 110 cm³/mol. The first-order chi connectivity index (χ1) is 12.8. The molecule has 0 spiro atoms. The molecule has 0 heterocycles. The zero-order chi connectivity index (χ0) is 20.0. The van der Waals surface area contributed by atoms with E-state index < -0.39 is 6.04 Å². The normalized spacial score (nSPS) is 11.9. The number of nitrogens with zero attached hydrogens (tertiary/aromatic N) is 1. The molecule has 1 unspecified atom stereocenters. The molecular weight excluding hydrogens is 360 g/mol. The smallest absolute Gasteiger partial charge is 0.242 e. The summed E-state index contributed by atoms with van der Waals surface area (Å²) in [6.07, 6.45) is 0.225. The van der Waals surface area contributed by atoms with Crippen molar-refractivity contribution in [3.05, 3.63) is 70.2 Å². The molecule has 2 rings (SSSR count). The molecule has 0 radical (unpaired) electrons. The Balaban J connectivity index is 2.21. The molecule has 1 N–H and O–H groups in total. The molecule has 0 bridgehead atoms. The molecule has 0 aliphatic rings. The molecule has 0 saturated carbocycles. The van der Waals surface area contributed by atoms with Gasteiger partial charge in [0, 0.05) is 17.6 Å². The number of halogens is 1. The lowest BCUT2D eigenvalue weighted by Gasteiger charge is -2.29. The van der Waals surface area contributed by atoms with Gasteiger partial charge < -0.3 is 10.2 Å². The zero-order valence-electron chi connectivity index (χ0n) is 16.3. The summed E-state index contributed by atoms with van der Waals surface area (Å²) in [5.41, 5.74) is 3.02. The molecule has 0 aliphatic carbocycles. The lowest BCUT2D eigenvalue weighted by Crippen LogP contribution is -2.49. The van der Waals surface area contributed by atoms with Crippen LogP contribution in [0.5, 0.6) is 0 Å². The molecule has 0 fully saturated rings. The molecule has 1 atom stereocenters. The van der Waals surface area contributed by atoms with Gasteiger partial charge in [-0.25, -0.2) is 0 Å². The number of aryl methyl sites for hydroxylation is 1. The Bertz CT molecular complexity index is 770.